The fourth-order valence-corrected chi connectivity index (χ4v) is 2.05. The number of fused-ring (bicyclic) bond motifs is 1. The van der Waals surface area contributed by atoms with Crippen molar-refractivity contribution >= 4 is 28.3 Å². The highest BCUT2D eigenvalue weighted by Crippen LogP contribution is 2.27. The van der Waals surface area contributed by atoms with Crippen molar-refractivity contribution in [1.29, 1.82) is 0 Å². The van der Waals surface area contributed by atoms with Gasteiger partial charge in [-0.15, -0.1) is 0 Å². The summed E-state index contributed by atoms with van der Waals surface area (Å²) in [5.41, 5.74) is 2.04. The van der Waals surface area contributed by atoms with E-state index in [-0.39, 0.29) is 5.54 Å². The molecular formula is C14H17ClN2. The molecule has 0 unspecified atom stereocenters. The van der Waals surface area contributed by atoms with Crippen LogP contribution in [0.5, 0.6) is 0 Å². The number of hydrogen-bond acceptors (Lipinski definition) is 2. The molecule has 0 radical (unpaired) electrons. The Morgan fingerprint density at radius 2 is 1.94 bits per heavy atom. The zero-order valence-electron chi connectivity index (χ0n) is 10.6. The summed E-state index contributed by atoms with van der Waals surface area (Å²) in [6, 6.07) is 7.93. The van der Waals surface area contributed by atoms with Crippen LogP contribution in [0.3, 0.4) is 0 Å². The van der Waals surface area contributed by atoms with E-state index in [9.17, 15) is 0 Å². The van der Waals surface area contributed by atoms with Crippen LogP contribution in [0, 0.1) is 6.92 Å². The molecule has 0 saturated carbocycles. The van der Waals surface area contributed by atoms with Crippen molar-refractivity contribution in [2.45, 2.75) is 33.2 Å². The third-order valence-electron chi connectivity index (χ3n) is 2.50. The van der Waals surface area contributed by atoms with Crippen LogP contribution < -0.4 is 5.32 Å². The number of para-hydroxylation sites is 1. The Hall–Kier alpha value is -1.28. The van der Waals surface area contributed by atoms with Crippen LogP contribution in [0.15, 0.2) is 24.3 Å². The fourth-order valence-electron chi connectivity index (χ4n) is 1.83. The standard InChI is InChI=1S/C14H17ClN2/c1-9-8-12(17-14(2,3)4)16-13-10(9)6-5-7-11(13)15/h5-8H,1-4H3,(H,16,17). The lowest BCUT2D eigenvalue weighted by molar-refractivity contribution is 0.631. The molecule has 0 saturated heterocycles. The van der Waals surface area contributed by atoms with Gasteiger partial charge in [-0.25, -0.2) is 4.98 Å². The van der Waals surface area contributed by atoms with Gasteiger partial charge in [-0.3, -0.25) is 0 Å². The van der Waals surface area contributed by atoms with Gasteiger partial charge in [0.25, 0.3) is 0 Å². The molecule has 0 spiro atoms. The van der Waals surface area contributed by atoms with Gasteiger partial charge in [-0.1, -0.05) is 23.7 Å². The first-order chi connectivity index (χ1) is 7.87. The van der Waals surface area contributed by atoms with Crippen LogP contribution in [0.4, 0.5) is 5.82 Å². The highest BCUT2D eigenvalue weighted by atomic mass is 35.5. The van der Waals surface area contributed by atoms with Gasteiger partial charge in [-0.05, 0) is 45.4 Å². The second kappa shape index (κ2) is 4.19. The van der Waals surface area contributed by atoms with Crippen LogP contribution in [-0.4, -0.2) is 10.5 Å². The highest BCUT2D eigenvalue weighted by molar-refractivity contribution is 6.35. The molecule has 0 aliphatic carbocycles. The lowest BCUT2D eigenvalue weighted by Crippen LogP contribution is -2.26. The van der Waals surface area contributed by atoms with E-state index >= 15 is 0 Å². The van der Waals surface area contributed by atoms with Gasteiger partial charge in [0, 0.05) is 10.9 Å². The van der Waals surface area contributed by atoms with E-state index in [0.29, 0.717) is 5.02 Å². The third kappa shape index (κ3) is 2.70. The first kappa shape index (κ1) is 12.2. The largest absolute Gasteiger partial charge is 0.365 e. The number of halogens is 1. The Balaban J connectivity index is 2.58. The van der Waals surface area contributed by atoms with E-state index in [1.165, 1.54) is 5.56 Å². The lowest BCUT2D eigenvalue weighted by atomic mass is 10.1. The minimum absolute atomic E-state index is 0.00558. The topological polar surface area (TPSA) is 24.9 Å². The van der Waals surface area contributed by atoms with E-state index < -0.39 is 0 Å². The highest BCUT2D eigenvalue weighted by Gasteiger charge is 2.12. The van der Waals surface area contributed by atoms with Gasteiger partial charge in [0.15, 0.2) is 0 Å². The molecule has 0 aliphatic heterocycles. The maximum Gasteiger partial charge on any atom is 0.127 e. The number of nitrogens with zero attached hydrogens (tertiary/aromatic N) is 1. The maximum absolute atomic E-state index is 6.18. The fraction of sp³-hybridized carbons (Fsp3) is 0.357. The summed E-state index contributed by atoms with van der Waals surface area (Å²) in [5, 5.41) is 5.18. The quantitative estimate of drug-likeness (QED) is 0.809. The zero-order chi connectivity index (χ0) is 12.6. The molecule has 2 nitrogen and oxygen atoms in total. The smallest absolute Gasteiger partial charge is 0.127 e. The summed E-state index contributed by atoms with van der Waals surface area (Å²) in [6.45, 7) is 8.41. The summed E-state index contributed by atoms with van der Waals surface area (Å²) in [6.07, 6.45) is 0. The van der Waals surface area contributed by atoms with E-state index in [0.717, 1.165) is 16.7 Å². The van der Waals surface area contributed by atoms with Crippen LogP contribution in [-0.2, 0) is 0 Å². The molecule has 0 fully saturated rings. The zero-order valence-corrected chi connectivity index (χ0v) is 11.4. The SMILES string of the molecule is Cc1cc(NC(C)(C)C)nc2c(Cl)cccc12. The molecule has 17 heavy (non-hydrogen) atoms. The van der Waals surface area contributed by atoms with Crippen molar-refractivity contribution < 1.29 is 0 Å². The predicted molar refractivity (Wildman–Crippen MR) is 74.9 cm³/mol. The lowest BCUT2D eigenvalue weighted by Gasteiger charge is -2.22. The Morgan fingerprint density at radius 3 is 2.59 bits per heavy atom. The molecule has 2 aromatic rings. The minimum atomic E-state index is -0.00558. The number of hydrogen-bond donors (Lipinski definition) is 1. The van der Waals surface area contributed by atoms with Crippen molar-refractivity contribution in [2.75, 3.05) is 5.32 Å². The molecule has 3 heteroatoms. The monoisotopic (exact) mass is 248 g/mol. The van der Waals surface area contributed by atoms with E-state index in [4.69, 9.17) is 11.6 Å². The number of rotatable bonds is 1. The summed E-state index contributed by atoms with van der Waals surface area (Å²) in [7, 11) is 0. The number of aromatic nitrogens is 1. The number of benzene rings is 1. The Bertz CT molecular complexity index is 556. The maximum atomic E-state index is 6.18. The number of aryl methyl sites for hydroxylation is 1. The molecule has 0 bridgehead atoms. The number of pyridine rings is 1. The van der Waals surface area contributed by atoms with Gasteiger partial charge >= 0.3 is 0 Å². The van der Waals surface area contributed by atoms with Gasteiger partial charge in [-0.2, -0.15) is 0 Å². The normalized spacial score (nSPS) is 11.8. The van der Waals surface area contributed by atoms with E-state index in [1.54, 1.807) is 0 Å². The Morgan fingerprint density at radius 1 is 1.24 bits per heavy atom. The van der Waals surface area contributed by atoms with Crippen molar-refractivity contribution in [3.8, 4) is 0 Å². The molecule has 90 valence electrons. The van der Waals surface area contributed by atoms with Crippen LogP contribution in [0.2, 0.25) is 5.02 Å². The Labute approximate surface area is 107 Å². The van der Waals surface area contributed by atoms with Crippen LogP contribution in [0.1, 0.15) is 26.3 Å². The first-order valence-corrected chi connectivity index (χ1v) is 6.09. The van der Waals surface area contributed by atoms with Gasteiger partial charge in [0.1, 0.15) is 5.82 Å². The van der Waals surface area contributed by atoms with Crippen LogP contribution >= 0.6 is 11.6 Å². The molecule has 1 aromatic heterocycles. The first-order valence-electron chi connectivity index (χ1n) is 5.71. The number of nitrogens with one attached hydrogen (secondary N) is 1. The average molecular weight is 249 g/mol. The molecule has 1 aromatic carbocycles. The van der Waals surface area contributed by atoms with Crippen LogP contribution in [0.25, 0.3) is 10.9 Å². The van der Waals surface area contributed by atoms with Crippen molar-refractivity contribution in [2.24, 2.45) is 0 Å². The molecule has 1 N–H and O–H groups in total. The average Bonchev–Trinajstić information content (AvgIpc) is 2.17. The Kier molecular flexibility index (Phi) is 3.00. The second-order valence-electron chi connectivity index (χ2n) is 5.34. The summed E-state index contributed by atoms with van der Waals surface area (Å²) >= 11 is 6.18. The number of anilines is 1. The van der Waals surface area contributed by atoms with Crippen molar-refractivity contribution in [3.63, 3.8) is 0 Å². The van der Waals surface area contributed by atoms with E-state index in [2.05, 4.69) is 44.1 Å². The second-order valence-corrected chi connectivity index (χ2v) is 5.74. The summed E-state index contributed by atoms with van der Waals surface area (Å²) in [4.78, 5) is 4.58. The predicted octanol–water partition coefficient (Wildman–Crippen LogP) is 4.41. The molecule has 1 heterocycles. The minimum Gasteiger partial charge on any atom is -0.365 e. The van der Waals surface area contributed by atoms with E-state index in [1.807, 2.05) is 18.2 Å². The molecular weight excluding hydrogens is 232 g/mol. The molecule has 0 atom stereocenters. The van der Waals surface area contributed by atoms with Gasteiger partial charge in [0.05, 0.1) is 10.5 Å². The van der Waals surface area contributed by atoms with Gasteiger partial charge in [0.2, 0.25) is 0 Å². The molecule has 0 amide bonds. The third-order valence-corrected chi connectivity index (χ3v) is 2.81. The summed E-state index contributed by atoms with van der Waals surface area (Å²) in [5.74, 6) is 0.871. The molecule has 0 aliphatic rings. The molecule has 2 rings (SSSR count). The summed E-state index contributed by atoms with van der Waals surface area (Å²) < 4.78 is 0. The van der Waals surface area contributed by atoms with Gasteiger partial charge < -0.3 is 5.32 Å². The van der Waals surface area contributed by atoms with Crippen molar-refractivity contribution in [1.82, 2.24) is 4.98 Å². The van der Waals surface area contributed by atoms with Crippen molar-refractivity contribution in [3.05, 3.63) is 34.9 Å².